The van der Waals surface area contributed by atoms with Crippen LogP contribution in [0.3, 0.4) is 0 Å². The summed E-state index contributed by atoms with van der Waals surface area (Å²) in [5.74, 6) is -0.0350. The van der Waals surface area contributed by atoms with Crippen molar-refractivity contribution in [2.24, 2.45) is 4.99 Å². The maximum atomic E-state index is 12.8. The Balaban J connectivity index is 0.00000288. The van der Waals surface area contributed by atoms with Gasteiger partial charge in [0.15, 0.2) is 5.96 Å². The average molecular weight is 450 g/mol. The molecule has 24 heavy (non-hydrogen) atoms. The second kappa shape index (κ2) is 9.77. The van der Waals surface area contributed by atoms with Crippen molar-refractivity contribution in [2.45, 2.75) is 25.4 Å². The molecule has 1 aromatic carbocycles. The zero-order valence-electron chi connectivity index (χ0n) is 13.9. The summed E-state index contributed by atoms with van der Waals surface area (Å²) in [5.41, 5.74) is 0.363. The first-order valence-corrected chi connectivity index (χ1v) is 7.65. The lowest BCUT2D eigenvalue weighted by molar-refractivity contribution is -0.115. The number of guanidine groups is 1. The maximum Gasteiger partial charge on any atom is 0.243 e. The van der Waals surface area contributed by atoms with Crippen LogP contribution in [-0.2, 0) is 9.53 Å². The van der Waals surface area contributed by atoms with Gasteiger partial charge in [0.2, 0.25) is 5.91 Å². The number of aliphatic imine (C=N–C) groups is 1. The van der Waals surface area contributed by atoms with E-state index in [-0.39, 0.29) is 47.8 Å². The molecule has 6 nitrogen and oxygen atoms in total. The molecular formula is C16H24FIN4O2. The number of rotatable bonds is 5. The van der Waals surface area contributed by atoms with Gasteiger partial charge in [-0.25, -0.2) is 4.39 Å². The van der Waals surface area contributed by atoms with Gasteiger partial charge in [0.1, 0.15) is 5.82 Å². The van der Waals surface area contributed by atoms with E-state index in [0.29, 0.717) is 18.2 Å². The molecule has 3 N–H and O–H groups in total. The van der Waals surface area contributed by atoms with E-state index < -0.39 is 0 Å². The van der Waals surface area contributed by atoms with Crippen LogP contribution in [0, 0.1) is 5.82 Å². The Labute approximate surface area is 158 Å². The molecule has 1 saturated heterocycles. The third-order valence-corrected chi connectivity index (χ3v) is 3.70. The minimum atomic E-state index is -0.339. The molecular weight excluding hydrogens is 426 g/mol. The molecule has 1 fully saturated rings. The van der Waals surface area contributed by atoms with E-state index in [0.717, 1.165) is 19.4 Å². The highest BCUT2D eigenvalue weighted by molar-refractivity contribution is 14.0. The summed E-state index contributed by atoms with van der Waals surface area (Å²) < 4.78 is 18.5. The lowest BCUT2D eigenvalue weighted by Crippen LogP contribution is -2.47. The number of nitrogens with zero attached hydrogens (tertiary/aromatic N) is 1. The number of carbonyl (C=O) groups is 1. The highest BCUT2D eigenvalue weighted by atomic mass is 127. The van der Waals surface area contributed by atoms with Gasteiger partial charge >= 0.3 is 0 Å². The van der Waals surface area contributed by atoms with Crippen LogP contribution < -0.4 is 16.0 Å². The minimum absolute atomic E-state index is 0. The smallest absolute Gasteiger partial charge is 0.243 e. The minimum Gasteiger partial charge on any atom is -0.373 e. The Morgan fingerprint density at radius 2 is 2.04 bits per heavy atom. The van der Waals surface area contributed by atoms with Crippen molar-refractivity contribution < 1.29 is 13.9 Å². The predicted octanol–water partition coefficient (Wildman–Crippen LogP) is 2.12. The lowest BCUT2D eigenvalue weighted by Gasteiger charge is -2.24. The zero-order valence-corrected chi connectivity index (χ0v) is 16.2. The normalized spacial score (nSPS) is 20.2. The largest absolute Gasteiger partial charge is 0.373 e. The van der Waals surface area contributed by atoms with E-state index in [4.69, 9.17) is 4.74 Å². The van der Waals surface area contributed by atoms with Gasteiger partial charge in [0.25, 0.3) is 0 Å². The van der Waals surface area contributed by atoms with Gasteiger partial charge in [0, 0.05) is 25.9 Å². The number of carbonyl (C=O) groups excluding carboxylic acids is 1. The van der Waals surface area contributed by atoms with Crippen molar-refractivity contribution in [1.82, 2.24) is 10.6 Å². The van der Waals surface area contributed by atoms with E-state index in [9.17, 15) is 9.18 Å². The van der Waals surface area contributed by atoms with Gasteiger partial charge < -0.3 is 20.7 Å². The first-order chi connectivity index (χ1) is 11.0. The van der Waals surface area contributed by atoms with Crippen molar-refractivity contribution in [3.05, 3.63) is 30.1 Å². The second-order valence-corrected chi connectivity index (χ2v) is 5.74. The molecule has 1 aliphatic heterocycles. The SMILES string of the molecule is CN=C(NCC(=O)Nc1ccc(F)cc1)NCC1(C)CCCO1.I. The molecule has 0 saturated carbocycles. The summed E-state index contributed by atoms with van der Waals surface area (Å²) in [6.45, 7) is 3.53. The Morgan fingerprint density at radius 1 is 1.33 bits per heavy atom. The molecule has 1 aliphatic rings. The quantitative estimate of drug-likeness (QED) is 0.365. The standard InChI is InChI=1S/C16H23FN4O2.HI/c1-16(8-3-9-23-16)11-20-15(18-2)19-10-14(22)21-13-6-4-12(17)5-7-13;/h4-7H,3,8-11H2,1-2H3,(H,21,22)(H2,18,19,20);1H. The fourth-order valence-electron chi connectivity index (χ4n) is 2.37. The zero-order chi connectivity index (χ0) is 16.7. The Morgan fingerprint density at radius 3 is 2.62 bits per heavy atom. The van der Waals surface area contributed by atoms with E-state index in [1.165, 1.54) is 24.3 Å². The molecule has 8 heteroatoms. The molecule has 1 unspecified atom stereocenters. The lowest BCUT2D eigenvalue weighted by atomic mass is 10.0. The molecule has 1 atom stereocenters. The summed E-state index contributed by atoms with van der Waals surface area (Å²) in [5, 5.41) is 8.78. The second-order valence-electron chi connectivity index (χ2n) is 5.74. The van der Waals surface area contributed by atoms with E-state index >= 15 is 0 Å². The van der Waals surface area contributed by atoms with Crippen molar-refractivity contribution >= 4 is 41.5 Å². The van der Waals surface area contributed by atoms with Crippen LogP contribution >= 0.6 is 24.0 Å². The molecule has 1 aromatic rings. The van der Waals surface area contributed by atoms with Crippen molar-refractivity contribution in [1.29, 1.82) is 0 Å². The van der Waals surface area contributed by atoms with E-state index in [2.05, 4.69) is 27.9 Å². The third-order valence-electron chi connectivity index (χ3n) is 3.70. The average Bonchev–Trinajstić information content (AvgIpc) is 2.97. The van der Waals surface area contributed by atoms with Crippen LogP contribution in [0.15, 0.2) is 29.3 Å². The Bertz CT molecular complexity index is 560. The number of benzene rings is 1. The molecule has 0 radical (unpaired) electrons. The Hall–Kier alpha value is -1.42. The highest BCUT2D eigenvalue weighted by Crippen LogP contribution is 2.23. The van der Waals surface area contributed by atoms with Crippen molar-refractivity contribution in [3.63, 3.8) is 0 Å². The number of amides is 1. The van der Waals surface area contributed by atoms with E-state index in [1.807, 2.05) is 0 Å². The van der Waals surface area contributed by atoms with Gasteiger partial charge in [-0.05, 0) is 44.0 Å². The topological polar surface area (TPSA) is 74.8 Å². The fourth-order valence-corrected chi connectivity index (χ4v) is 2.37. The number of ether oxygens (including phenoxy) is 1. The van der Waals surface area contributed by atoms with Gasteiger partial charge in [-0.15, -0.1) is 24.0 Å². The van der Waals surface area contributed by atoms with Gasteiger partial charge in [-0.1, -0.05) is 0 Å². The van der Waals surface area contributed by atoms with Gasteiger partial charge in [-0.2, -0.15) is 0 Å². The van der Waals surface area contributed by atoms with Crippen LogP contribution in [0.1, 0.15) is 19.8 Å². The highest BCUT2D eigenvalue weighted by Gasteiger charge is 2.29. The molecule has 1 heterocycles. The summed E-state index contributed by atoms with van der Waals surface area (Å²) in [4.78, 5) is 15.9. The van der Waals surface area contributed by atoms with Crippen LogP contribution in [0.5, 0.6) is 0 Å². The Kier molecular flexibility index (Phi) is 8.40. The van der Waals surface area contributed by atoms with Crippen LogP contribution in [0.2, 0.25) is 0 Å². The molecule has 0 aromatic heterocycles. The maximum absolute atomic E-state index is 12.8. The number of hydrogen-bond acceptors (Lipinski definition) is 3. The molecule has 0 bridgehead atoms. The van der Waals surface area contributed by atoms with Gasteiger partial charge in [0.05, 0.1) is 12.1 Å². The van der Waals surface area contributed by atoms with Crippen LogP contribution in [0.4, 0.5) is 10.1 Å². The summed E-state index contributed by atoms with van der Waals surface area (Å²) in [6.07, 6.45) is 2.06. The number of anilines is 1. The number of nitrogens with one attached hydrogen (secondary N) is 3. The molecule has 0 aliphatic carbocycles. The molecule has 0 spiro atoms. The van der Waals surface area contributed by atoms with Crippen LogP contribution in [0.25, 0.3) is 0 Å². The fraction of sp³-hybridized carbons (Fsp3) is 0.500. The third kappa shape index (κ3) is 6.60. The first-order valence-electron chi connectivity index (χ1n) is 7.65. The molecule has 2 rings (SSSR count). The predicted molar refractivity (Wildman–Crippen MR) is 103 cm³/mol. The summed E-state index contributed by atoms with van der Waals surface area (Å²) in [7, 11) is 1.64. The van der Waals surface area contributed by atoms with Gasteiger partial charge in [-0.3, -0.25) is 9.79 Å². The summed E-state index contributed by atoms with van der Waals surface area (Å²) in [6, 6.07) is 5.62. The number of hydrogen-bond donors (Lipinski definition) is 3. The van der Waals surface area contributed by atoms with Crippen molar-refractivity contribution in [3.8, 4) is 0 Å². The summed E-state index contributed by atoms with van der Waals surface area (Å²) >= 11 is 0. The van der Waals surface area contributed by atoms with E-state index in [1.54, 1.807) is 7.05 Å². The van der Waals surface area contributed by atoms with Crippen molar-refractivity contribution in [2.75, 3.05) is 32.1 Å². The molecule has 134 valence electrons. The first kappa shape index (κ1) is 20.6. The monoisotopic (exact) mass is 450 g/mol. The van der Waals surface area contributed by atoms with Crippen LogP contribution in [-0.4, -0.2) is 44.2 Å². The number of halogens is 2. The molecule has 1 amide bonds.